The molecule has 0 aliphatic heterocycles. The van der Waals surface area contributed by atoms with Crippen molar-refractivity contribution in [3.05, 3.63) is 35.4 Å². The largest absolute Gasteiger partial charge is 0.444 e. The molecule has 4 nitrogen and oxygen atoms in total. The van der Waals surface area contributed by atoms with Crippen LogP contribution in [0.4, 0.5) is 4.79 Å². The van der Waals surface area contributed by atoms with Crippen molar-refractivity contribution in [1.29, 1.82) is 0 Å². The lowest BCUT2D eigenvalue weighted by Crippen LogP contribution is -2.46. The number of amides is 1. The average Bonchev–Trinajstić information content (AvgIpc) is 2.36. The first-order chi connectivity index (χ1) is 9.20. The maximum Gasteiger partial charge on any atom is 0.408 e. The van der Waals surface area contributed by atoms with E-state index >= 15 is 0 Å². The molecule has 1 unspecified atom stereocenters. The van der Waals surface area contributed by atoms with Crippen LogP contribution in [-0.2, 0) is 15.1 Å². The van der Waals surface area contributed by atoms with Crippen molar-refractivity contribution in [3.63, 3.8) is 0 Å². The van der Waals surface area contributed by atoms with Crippen molar-refractivity contribution in [2.45, 2.75) is 38.8 Å². The van der Waals surface area contributed by atoms with Crippen molar-refractivity contribution >= 4 is 12.4 Å². The van der Waals surface area contributed by atoms with Crippen LogP contribution in [0.3, 0.4) is 0 Å². The lowest BCUT2D eigenvalue weighted by molar-refractivity contribution is -0.113. The minimum atomic E-state index is -1.16. The molecular weight excluding hydrogens is 254 g/mol. The highest BCUT2D eigenvalue weighted by Crippen LogP contribution is 2.20. The Hall–Kier alpha value is -2.28. The van der Waals surface area contributed by atoms with E-state index in [4.69, 9.17) is 11.2 Å². The Bertz CT molecular complexity index is 534. The summed E-state index contributed by atoms with van der Waals surface area (Å²) >= 11 is 0. The van der Waals surface area contributed by atoms with Gasteiger partial charge in [-0.2, -0.15) is 0 Å². The number of ether oxygens (including phenoxy) is 1. The maximum atomic E-state index is 11.8. The summed E-state index contributed by atoms with van der Waals surface area (Å²) in [6, 6.07) is 6.85. The Morgan fingerprint density at radius 3 is 2.20 bits per heavy atom. The van der Waals surface area contributed by atoms with Crippen LogP contribution in [-0.4, -0.2) is 18.0 Å². The molecule has 1 N–H and O–H groups in total. The number of hydrogen-bond acceptors (Lipinski definition) is 3. The number of carbonyl (C=O) groups excluding carboxylic acids is 2. The van der Waals surface area contributed by atoms with E-state index in [1.807, 2.05) is 0 Å². The highest BCUT2D eigenvalue weighted by atomic mass is 16.6. The molecule has 0 aliphatic rings. The van der Waals surface area contributed by atoms with Gasteiger partial charge in [-0.05, 0) is 45.4 Å². The van der Waals surface area contributed by atoms with Crippen molar-refractivity contribution in [2.75, 3.05) is 0 Å². The maximum absolute atomic E-state index is 11.8. The smallest absolute Gasteiger partial charge is 0.408 e. The molecule has 0 radical (unpaired) electrons. The van der Waals surface area contributed by atoms with E-state index in [9.17, 15) is 9.59 Å². The lowest BCUT2D eigenvalue weighted by atomic mass is 9.93. The van der Waals surface area contributed by atoms with Crippen LogP contribution < -0.4 is 5.32 Å². The minimum Gasteiger partial charge on any atom is -0.444 e. The number of benzene rings is 1. The second-order valence-corrected chi connectivity index (χ2v) is 5.67. The van der Waals surface area contributed by atoms with Crippen LogP contribution in [0.25, 0.3) is 0 Å². The summed E-state index contributed by atoms with van der Waals surface area (Å²) < 4.78 is 5.16. The van der Waals surface area contributed by atoms with E-state index in [-0.39, 0.29) is 0 Å². The van der Waals surface area contributed by atoms with Crippen LogP contribution in [0.15, 0.2) is 24.3 Å². The molecule has 0 spiro atoms. The third-order valence-corrected chi connectivity index (χ3v) is 2.65. The molecule has 0 aromatic heterocycles. The molecule has 1 aromatic rings. The van der Waals surface area contributed by atoms with Gasteiger partial charge in [0.05, 0.1) is 0 Å². The fourth-order valence-electron chi connectivity index (χ4n) is 1.60. The average molecular weight is 273 g/mol. The van der Waals surface area contributed by atoms with Crippen LogP contribution >= 0.6 is 0 Å². The van der Waals surface area contributed by atoms with E-state index in [2.05, 4.69) is 11.2 Å². The van der Waals surface area contributed by atoms with Gasteiger partial charge in [-0.15, -0.1) is 6.42 Å². The zero-order chi connectivity index (χ0) is 15.4. The van der Waals surface area contributed by atoms with Gasteiger partial charge in [0.15, 0.2) is 0 Å². The molecule has 20 heavy (non-hydrogen) atoms. The molecule has 0 saturated heterocycles. The Morgan fingerprint density at radius 1 is 1.25 bits per heavy atom. The predicted molar refractivity (Wildman–Crippen MR) is 77.2 cm³/mol. The van der Waals surface area contributed by atoms with Gasteiger partial charge in [0.25, 0.3) is 0 Å². The Morgan fingerprint density at radius 2 is 1.80 bits per heavy atom. The number of nitrogens with one attached hydrogen (secondary N) is 1. The monoisotopic (exact) mass is 273 g/mol. The Labute approximate surface area is 119 Å². The first-order valence-corrected chi connectivity index (χ1v) is 6.25. The van der Waals surface area contributed by atoms with E-state index in [1.165, 1.54) is 0 Å². The number of hydrogen-bond donors (Lipinski definition) is 1. The van der Waals surface area contributed by atoms with Crippen LogP contribution in [0.5, 0.6) is 0 Å². The molecule has 1 atom stereocenters. The third kappa shape index (κ3) is 4.13. The van der Waals surface area contributed by atoms with Gasteiger partial charge in [-0.1, -0.05) is 18.1 Å². The first-order valence-electron chi connectivity index (χ1n) is 6.25. The standard InChI is InChI=1S/C16H19NO3/c1-6-12-7-9-13(10-8-12)16(5,11-18)17-14(19)20-15(2,3)4/h1,7-11H,2-5H3,(H,17,19). The van der Waals surface area contributed by atoms with Crippen molar-refractivity contribution < 1.29 is 14.3 Å². The molecule has 0 heterocycles. The summed E-state index contributed by atoms with van der Waals surface area (Å²) in [4.78, 5) is 23.2. The van der Waals surface area contributed by atoms with E-state index in [0.717, 1.165) is 0 Å². The summed E-state index contributed by atoms with van der Waals surface area (Å²) in [5.74, 6) is 2.50. The van der Waals surface area contributed by atoms with E-state index in [0.29, 0.717) is 17.4 Å². The summed E-state index contributed by atoms with van der Waals surface area (Å²) in [5.41, 5.74) is -0.437. The quantitative estimate of drug-likeness (QED) is 0.680. The molecule has 4 heteroatoms. The summed E-state index contributed by atoms with van der Waals surface area (Å²) in [6.07, 6.45) is 5.31. The summed E-state index contributed by atoms with van der Waals surface area (Å²) in [7, 11) is 0. The van der Waals surface area contributed by atoms with Crippen molar-refractivity contribution in [1.82, 2.24) is 5.32 Å². The fourth-order valence-corrected chi connectivity index (χ4v) is 1.60. The van der Waals surface area contributed by atoms with Gasteiger partial charge in [-0.25, -0.2) is 4.79 Å². The molecule has 0 saturated carbocycles. The highest BCUT2D eigenvalue weighted by molar-refractivity contribution is 5.78. The van der Waals surface area contributed by atoms with Gasteiger partial charge in [0.1, 0.15) is 17.4 Å². The van der Waals surface area contributed by atoms with E-state index in [1.54, 1.807) is 52.0 Å². The second-order valence-electron chi connectivity index (χ2n) is 5.67. The number of carbonyl (C=O) groups is 2. The number of rotatable bonds is 3. The third-order valence-electron chi connectivity index (χ3n) is 2.65. The number of terminal acetylenes is 1. The van der Waals surface area contributed by atoms with Crippen molar-refractivity contribution in [3.8, 4) is 12.3 Å². The van der Waals surface area contributed by atoms with E-state index < -0.39 is 17.2 Å². The van der Waals surface area contributed by atoms with Crippen LogP contribution in [0, 0.1) is 12.3 Å². The van der Waals surface area contributed by atoms with Gasteiger partial charge in [0.2, 0.25) is 0 Å². The topological polar surface area (TPSA) is 55.4 Å². The molecule has 106 valence electrons. The molecule has 1 aromatic carbocycles. The second kappa shape index (κ2) is 5.79. The molecule has 0 aliphatic carbocycles. The zero-order valence-electron chi connectivity index (χ0n) is 12.2. The highest BCUT2D eigenvalue weighted by Gasteiger charge is 2.30. The van der Waals surface area contributed by atoms with Gasteiger partial charge < -0.3 is 14.8 Å². The van der Waals surface area contributed by atoms with Crippen LogP contribution in [0.2, 0.25) is 0 Å². The van der Waals surface area contributed by atoms with Crippen LogP contribution in [0.1, 0.15) is 38.8 Å². The fraction of sp³-hybridized carbons (Fsp3) is 0.375. The predicted octanol–water partition coefficient (Wildman–Crippen LogP) is 2.61. The van der Waals surface area contributed by atoms with Gasteiger partial charge >= 0.3 is 6.09 Å². The summed E-state index contributed by atoms with van der Waals surface area (Å²) in [6.45, 7) is 6.88. The molecular formula is C16H19NO3. The zero-order valence-corrected chi connectivity index (χ0v) is 12.2. The SMILES string of the molecule is C#Cc1ccc(C(C)(C=O)NC(=O)OC(C)(C)C)cc1. The molecule has 0 fully saturated rings. The first kappa shape index (κ1) is 15.8. The number of alkyl carbamates (subject to hydrolysis) is 1. The molecule has 0 bridgehead atoms. The lowest BCUT2D eigenvalue weighted by Gasteiger charge is -2.27. The number of aldehydes is 1. The molecule has 1 amide bonds. The van der Waals surface area contributed by atoms with Crippen molar-refractivity contribution in [2.24, 2.45) is 0 Å². The van der Waals surface area contributed by atoms with Gasteiger partial charge in [-0.3, -0.25) is 0 Å². The summed E-state index contributed by atoms with van der Waals surface area (Å²) in [5, 5.41) is 2.57. The normalized spacial score (nSPS) is 13.8. The Kier molecular flexibility index (Phi) is 4.57. The van der Waals surface area contributed by atoms with Gasteiger partial charge in [0, 0.05) is 5.56 Å². The Balaban J connectivity index is 2.94. The molecule has 1 rings (SSSR count). The minimum absolute atomic E-state index is 0.624.